The summed E-state index contributed by atoms with van der Waals surface area (Å²) < 4.78 is 0. The van der Waals surface area contributed by atoms with Crippen LogP contribution in [-0.4, -0.2) is 35.2 Å². The maximum atomic E-state index is 13.6. The third-order valence-electron chi connectivity index (χ3n) is 6.21. The first-order valence-corrected chi connectivity index (χ1v) is 10.5. The van der Waals surface area contributed by atoms with Gasteiger partial charge in [-0.1, -0.05) is 49.6 Å². The molecule has 1 N–H and O–H groups in total. The number of carbonyl (C=O) groups is 3. The third kappa shape index (κ3) is 3.00. The molecule has 0 saturated heterocycles. The van der Waals surface area contributed by atoms with Crippen molar-refractivity contribution in [1.82, 2.24) is 4.90 Å². The van der Waals surface area contributed by atoms with E-state index >= 15 is 0 Å². The standard InChI is InChI=1S/C24H23N3O3/c28-22-18-15-26(17-11-5-2-6-12-17)24(30)21(18)27(20-14-8-7-13-19(20)25-22)23(29)16-9-3-1-4-10-16/h1,3-4,7-10,13-14,17H,2,5-6,11-12,15H2,(H,25,28). The van der Waals surface area contributed by atoms with Gasteiger partial charge in [0.1, 0.15) is 5.70 Å². The molecule has 152 valence electrons. The average molecular weight is 401 g/mol. The van der Waals surface area contributed by atoms with E-state index in [9.17, 15) is 14.4 Å². The van der Waals surface area contributed by atoms with Gasteiger partial charge in [-0.2, -0.15) is 0 Å². The van der Waals surface area contributed by atoms with Crippen LogP contribution >= 0.6 is 0 Å². The van der Waals surface area contributed by atoms with Crippen LogP contribution in [0.4, 0.5) is 11.4 Å². The predicted octanol–water partition coefficient (Wildman–Crippen LogP) is 3.71. The van der Waals surface area contributed by atoms with Crippen molar-refractivity contribution in [3.8, 4) is 0 Å². The lowest BCUT2D eigenvalue weighted by Crippen LogP contribution is -2.42. The van der Waals surface area contributed by atoms with Gasteiger partial charge in [-0.15, -0.1) is 0 Å². The summed E-state index contributed by atoms with van der Waals surface area (Å²) in [6.07, 6.45) is 5.23. The monoisotopic (exact) mass is 401 g/mol. The molecule has 1 aliphatic carbocycles. The Hall–Kier alpha value is -3.41. The lowest BCUT2D eigenvalue weighted by molar-refractivity contribution is -0.128. The fraction of sp³-hybridized carbons (Fsp3) is 0.292. The minimum absolute atomic E-state index is 0.120. The van der Waals surface area contributed by atoms with E-state index in [0.717, 1.165) is 25.7 Å². The van der Waals surface area contributed by atoms with Crippen molar-refractivity contribution in [1.29, 1.82) is 0 Å². The summed E-state index contributed by atoms with van der Waals surface area (Å²) >= 11 is 0. The molecule has 0 unspecified atom stereocenters. The molecule has 3 amide bonds. The van der Waals surface area contributed by atoms with Gasteiger partial charge in [-0.05, 0) is 37.1 Å². The second-order valence-corrected chi connectivity index (χ2v) is 8.03. The van der Waals surface area contributed by atoms with Gasteiger partial charge in [0.15, 0.2) is 0 Å². The lowest BCUT2D eigenvalue weighted by Gasteiger charge is -2.32. The highest BCUT2D eigenvalue weighted by atomic mass is 16.2. The summed E-state index contributed by atoms with van der Waals surface area (Å²) in [6.45, 7) is 0.247. The summed E-state index contributed by atoms with van der Waals surface area (Å²) in [5.41, 5.74) is 2.07. The highest BCUT2D eigenvalue weighted by molar-refractivity contribution is 6.24. The van der Waals surface area contributed by atoms with Crippen molar-refractivity contribution in [2.75, 3.05) is 16.8 Å². The first kappa shape index (κ1) is 18.6. The van der Waals surface area contributed by atoms with Crippen molar-refractivity contribution >= 4 is 29.1 Å². The molecule has 0 atom stereocenters. The van der Waals surface area contributed by atoms with Gasteiger partial charge < -0.3 is 10.2 Å². The van der Waals surface area contributed by atoms with Crippen LogP contribution in [0.2, 0.25) is 0 Å². The van der Waals surface area contributed by atoms with E-state index in [1.165, 1.54) is 11.3 Å². The highest BCUT2D eigenvalue weighted by Crippen LogP contribution is 2.39. The van der Waals surface area contributed by atoms with E-state index in [4.69, 9.17) is 0 Å². The zero-order chi connectivity index (χ0) is 20.7. The number of benzene rings is 2. The molecule has 1 saturated carbocycles. The maximum Gasteiger partial charge on any atom is 0.272 e. The van der Waals surface area contributed by atoms with Gasteiger partial charge in [-0.25, -0.2) is 0 Å². The zero-order valence-corrected chi connectivity index (χ0v) is 16.6. The molecular weight excluding hydrogens is 378 g/mol. The predicted molar refractivity (Wildman–Crippen MR) is 114 cm³/mol. The summed E-state index contributed by atoms with van der Waals surface area (Å²) in [6, 6.07) is 16.1. The van der Waals surface area contributed by atoms with Crippen LogP contribution in [0.5, 0.6) is 0 Å². The van der Waals surface area contributed by atoms with Crippen molar-refractivity contribution in [2.45, 2.75) is 38.1 Å². The number of nitrogens with one attached hydrogen (secondary N) is 1. The van der Waals surface area contributed by atoms with Gasteiger partial charge >= 0.3 is 0 Å². The van der Waals surface area contributed by atoms with E-state index in [0.29, 0.717) is 22.5 Å². The van der Waals surface area contributed by atoms with Crippen LogP contribution in [-0.2, 0) is 9.59 Å². The van der Waals surface area contributed by atoms with Crippen molar-refractivity contribution in [3.05, 3.63) is 71.4 Å². The van der Waals surface area contributed by atoms with E-state index in [2.05, 4.69) is 5.32 Å². The van der Waals surface area contributed by atoms with Crippen molar-refractivity contribution in [3.63, 3.8) is 0 Å². The van der Waals surface area contributed by atoms with Gasteiger partial charge in [0.25, 0.3) is 17.7 Å². The Kier molecular flexibility index (Phi) is 4.62. The molecule has 30 heavy (non-hydrogen) atoms. The fourth-order valence-electron chi connectivity index (χ4n) is 4.69. The average Bonchev–Trinajstić information content (AvgIpc) is 3.07. The number of amides is 3. The summed E-state index contributed by atoms with van der Waals surface area (Å²) in [7, 11) is 0. The molecule has 3 aliphatic rings. The Morgan fingerprint density at radius 1 is 0.900 bits per heavy atom. The lowest BCUT2D eigenvalue weighted by atomic mass is 9.94. The minimum Gasteiger partial charge on any atom is -0.330 e. The SMILES string of the molecule is O=C1Nc2ccccc2N(C(=O)c2ccccc2)C2=C1CN(C1CCCCC1)C2=O. The smallest absolute Gasteiger partial charge is 0.272 e. The normalized spacial score (nSPS) is 19.3. The molecule has 0 aromatic heterocycles. The Labute approximate surface area is 175 Å². The number of para-hydroxylation sites is 2. The van der Waals surface area contributed by atoms with Crippen LogP contribution in [0, 0.1) is 0 Å². The quantitative estimate of drug-likeness (QED) is 0.834. The number of nitrogens with zero attached hydrogens (tertiary/aromatic N) is 2. The molecule has 2 aromatic carbocycles. The second-order valence-electron chi connectivity index (χ2n) is 8.03. The van der Waals surface area contributed by atoms with E-state index < -0.39 is 0 Å². The number of hydrogen-bond acceptors (Lipinski definition) is 3. The maximum absolute atomic E-state index is 13.6. The Bertz CT molecular complexity index is 1050. The molecule has 0 bridgehead atoms. The van der Waals surface area contributed by atoms with Crippen LogP contribution in [0.1, 0.15) is 42.5 Å². The molecule has 2 heterocycles. The van der Waals surface area contributed by atoms with Gasteiger partial charge in [0.05, 0.1) is 23.5 Å². The number of carbonyl (C=O) groups excluding carboxylic acids is 3. The van der Waals surface area contributed by atoms with Crippen LogP contribution < -0.4 is 10.2 Å². The Morgan fingerprint density at radius 2 is 1.60 bits per heavy atom. The van der Waals surface area contributed by atoms with Gasteiger partial charge in [0, 0.05) is 11.6 Å². The van der Waals surface area contributed by atoms with Crippen molar-refractivity contribution < 1.29 is 14.4 Å². The molecule has 2 aromatic rings. The van der Waals surface area contributed by atoms with E-state index in [1.54, 1.807) is 53.4 Å². The number of anilines is 2. The zero-order valence-electron chi connectivity index (χ0n) is 16.6. The van der Waals surface area contributed by atoms with Gasteiger partial charge in [-0.3, -0.25) is 19.3 Å². The molecule has 5 rings (SSSR count). The second kappa shape index (κ2) is 7.44. The molecule has 1 fully saturated rings. The van der Waals surface area contributed by atoms with Crippen molar-refractivity contribution in [2.24, 2.45) is 0 Å². The first-order chi connectivity index (χ1) is 14.6. The van der Waals surface area contributed by atoms with E-state index in [1.807, 2.05) is 6.07 Å². The summed E-state index contributed by atoms with van der Waals surface area (Å²) in [5.74, 6) is -0.855. The topological polar surface area (TPSA) is 69.7 Å². The number of fused-ring (bicyclic) bond motifs is 1. The summed E-state index contributed by atoms with van der Waals surface area (Å²) in [5, 5.41) is 2.90. The third-order valence-corrected chi connectivity index (χ3v) is 6.21. The molecule has 6 heteroatoms. The Balaban J connectivity index is 1.62. The fourth-order valence-corrected chi connectivity index (χ4v) is 4.69. The van der Waals surface area contributed by atoms with Crippen LogP contribution in [0.3, 0.4) is 0 Å². The molecule has 2 aliphatic heterocycles. The number of rotatable bonds is 2. The highest BCUT2D eigenvalue weighted by Gasteiger charge is 2.44. The van der Waals surface area contributed by atoms with E-state index in [-0.39, 0.29) is 36.0 Å². The van der Waals surface area contributed by atoms with Gasteiger partial charge in [0.2, 0.25) is 0 Å². The number of hydrogen-bond donors (Lipinski definition) is 1. The van der Waals surface area contributed by atoms with Crippen LogP contribution in [0.25, 0.3) is 0 Å². The first-order valence-electron chi connectivity index (χ1n) is 10.5. The largest absolute Gasteiger partial charge is 0.330 e. The molecule has 0 spiro atoms. The molecule has 6 nitrogen and oxygen atoms in total. The Morgan fingerprint density at radius 3 is 2.37 bits per heavy atom. The van der Waals surface area contributed by atoms with Crippen LogP contribution in [0.15, 0.2) is 65.9 Å². The molecule has 0 radical (unpaired) electrons. The summed E-state index contributed by atoms with van der Waals surface area (Å²) in [4.78, 5) is 43.4. The molecular formula is C24H23N3O3. The minimum atomic E-state index is -0.314.